The number of hydrogen-bond donors (Lipinski definition) is 1. The van der Waals surface area contributed by atoms with Crippen LogP contribution in [-0.4, -0.2) is 14.5 Å². The van der Waals surface area contributed by atoms with E-state index in [4.69, 9.17) is 0 Å². The lowest BCUT2D eigenvalue weighted by Gasteiger charge is -2.39. The first-order chi connectivity index (χ1) is 9.26. The zero-order valence-electron chi connectivity index (χ0n) is 12.6. The van der Waals surface area contributed by atoms with Gasteiger partial charge in [0.1, 0.15) is 0 Å². The summed E-state index contributed by atoms with van der Waals surface area (Å²) < 4.78 is 27.5. The van der Waals surface area contributed by atoms with E-state index in [9.17, 15) is 8.42 Å². The number of sulfonamides is 1. The molecule has 0 saturated heterocycles. The molecule has 1 fully saturated rings. The van der Waals surface area contributed by atoms with Crippen molar-refractivity contribution in [1.29, 1.82) is 0 Å². The molecule has 1 aromatic rings. The molecule has 0 spiro atoms. The monoisotopic (exact) mass is 295 g/mol. The molecule has 112 valence electrons. The second kappa shape index (κ2) is 5.86. The van der Waals surface area contributed by atoms with Gasteiger partial charge in [-0.3, -0.25) is 0 Å². The van der Waals surface area contributed by atoms with E-state index >= 15 is 0 Å². The Balaban J connectivity index is 2.01. The Kier molecular flexibility index (Phi) is 4.55. The fraction of sp³-hybridized carbons (Fsp3) is 0.625. The van der Waals surface area contributed by atoms with Gasteiger partial charge in [-0.1, -0.05) is 51.1 Å². The quantitative estimate of drug-likeness (QED) is 0.926. The second-order valence-corrected chi connectivity index (χ2v) is 8.73. The zero-order chi connectivity index (χ0) is 14.8. The number of benzene rings is 1. The Morgan fingerprint density at radius 3 is 2.45 bits per heavy atom. The molecule has 0 heterocycles. The van der Waals surface area contributed by atoms with Gasteiger partial charge in [0.05, 0.1) is 5.75 Å². The topological polar surface area (TPSA) is 46.2 Å². The third-order valence-electron chi connectivity index (χ3n) is 3.93. The van der Waals surface area contributed by atoms with E-state index in [0.717, 1.165) is 18.4 Å². The molecule has 1 saturated carbocycles. The Labute approximate surface area is 122 Å². The van der Waals surface area contributed by atoms with Gasteiger partial charge in [0, 0.05) is 6.04 Å². The molecule has 4 heteroatoms. The summed E-state index contributed by atoms with van der Waals surface area (Å²) in [6.07, 6.45) is 3.03. The lowest BCUT2D eigenvalue weighted by molar-refractivity contribution is 0.163. The smallest absolute Gasteiger partial charge is 0.212 e. The van der Waals surface area contributed by atoms with Crippen LogP contribution in [0.4, 0.5) is 0 Å². The molecular weight excluding hydrogens is 270 g/mol. The molecule has 2 unspecified atom stereocenters. The van der Waals surface area contributed by atoms with Crippen LogP contribution in [0.2, 0.25) is 0 Å². The maximum Gasteiger partial charge on any atom is 0.216 e. The predicted octanol–water partition coefficient (Wildman–Crippen LogP) is 3.32. The van der Waals surface area contributed by atoms with E-state index < -0.39 is 10.0 Å². The van der Waals surface area contributed by atoms with E-state index in [0.29, 0.717) is 5.92 Å². The van der Waals surface area contributed by atoms with Crippen molar-refractivity contribution < 1.29 is 8.42 Å². The highest BCUT2D eigenvalue weighted by Crippen LogP contribution is 2.38. The average molecular weight is 295 g/mol. The van der Waals surface area contributed by atoms with Crippen molar-refractivity contribution in [2.75, 3.05) is 0 Å². The lowest BCUT2D eigenvalue weighted by Crippen LogP contribution is -2.43. The van der Waals surface area contributed by atoms with Crippen molar-refractivity contribution in [1.82, 2.24) is 4.72 Å². The molecule has 0 aromatic heterocycles. The van der Waals surface area contributed by atoms with Crippen LogP contribution >= 0.6 is 0 Å². The van der Waals surface area contributed by atoms with E-state index in [1.807, 2.05) is 30.3 Å². The van der Waals surface area contributed by atoms with Gasteiger partial charge in [-0.05, 0) is 36.2 Å². The Morgan fingerprint density at radius 2 is 1.85 bits per heavy atom. The van der Waals surface area contributed by atoms with Crippen LogP contribution < -0.4 is 4.72 Å². The highest BCUT2D eigenvalue weighted by Gasteiger charge is 2.33. The van der Waals surface area contributed by atoms with E-state index in [1.54, 1.807) is 0 Å². The molecule has 1 aromatic carbocycles. The normalized spacial score (nSPS) is 26.4. The fourth-order valence-corrected chi connectivity index (χ4v) is 4.93. The summed E-state index contributed by atoms with van der Waals surface area (Å²) >= 11 is 0. The average Bonchev–Trinajstić information content (AvgIpc) is 2.25. The number of nitrogens with one attached hydrogen (secondary N) is 1. The van der Waals surface area contributed by atoms with Crippen molar-refractivity contribution in [3.8, 4) is 0 Å². The minimum Gasteiger partial charge on any atom is -0.212 e. The Bertz CT molecular complexity index is 537. The number of hydrogen-bond acceptors (Lipinski definition) is 2. The van der Waals surface area contributed by atoms with Crippen LogP contribution in [0.5, 0.6) is 0 Å². The summed E-state index contributed by atoms with van der Waals surface area (Å²) in [6.45, 7) is 6.65. The van der Waals surface area contributed by atoms with Gasteiger partial charge < -0.3 is 0 Å². The van der Waals surface area contributed by atoms with Gasteiger partial charge in [-0.15, -0.1) is 0 Å². The third kappa shape index (κ3) is 4.60. The standard InChI is InChI=1S/C16H25NO2S/c1-13-9-15(11-16(2,3)10-13)17-20(18,19)12-14-7-5-4-6-8-14/h4-8,13,15,17H,9-12H2,1-3H3. The van der Waals surface area contributed by atoms with Crippen molar-refractivity contribution in [3.05, 3.63) is 35.9 Å². The van der Waals surface area contributed by atoms with Gasteiger partial charge in [-0.25, -0.2) is 13.1 Å². The van der Waals surface area contributed by atoms with Gasteiger partial charge >= 0.3 is 0 Å². The second-order valence-electron chi connectivity index (χ2n) is 6.97. The zero-order valence-corrected chi connectivity index (χ0v) is 13.4. The van der Waals surface area contributed by atoms with Crippen molar-refractivity contribution in [2.45, 2.75) is 51.8 Å². The molecule has 1 aliphatic carbocycles. The van der Waals surface area contributed by atoms with Gasteiger partial charge in [-0.2, -0.15) is 0 Å². The van der Waals surface area contributed by atoms with Gasteiger partial charge in [0.2, 0.25) is 10.0 Å². The minimum absolute atomic E-state index is 0.0686. The van der Waals surface area contributed by atoms with Crippen LogP contribution in [0.15, 0.2) is 30.3 Å². The lowest BCUT2D eigenvalue weighted by atomic mass is 9.71. The van der Waals surface area contributed by atoms with Crippen molar-refractivity contribution in [2.24, 2.45) is 11.3 Å². The summed E-state index contributed by atoms with van der Waals surface area (Å²) in [7, 11) is -3.26. The molecule has 20 heavy (non-hydrogen) atoms. The van der Waals surface area contributed by atoms with Crippen LogP contribution in [0.25, 0.3) is 0 Å². The van der Waals surface area contributed by atoms with E-state index in [2.05, 4.69) is 25.5 Å². The molecule has 1 N–H and O–H groups in total. The summed E-state index contributed by atoms with van der Waals surface area (Å²) in [6, 6.07) is 9.42. The molecule has 3 nitrogen and oxygen atoms in total. The molecule has 2 rings (SSSR count). The molecule has 0 aliphatic heterocycles. The first-order valence-corrected chi connectivity index (χ1v) is 8.95. The van der Waals surface area contributed by atoms with Crippen LogP contribution in [-0.2, 0) is 15.8 Å². The Hall–Kier alpha value is -0.870. The molecular formula is C16H25NO2S. The maximum atomic E-state index is 12.3. The van der Waals surface area contributed by atoms with Crippen LogP contribution in [0.3, 0.4) is 0 Å². The van der Waals surface area contributed by atoms with E-state index in [-0.39, 0.29) is 17.2 Å². The molecule has 2 atom stereocenters. The van der Waals surface area contributed by atoms with Crippen molar-refractivity contribution >= 4 is 10.0 Å². The summed E-state index contributed by atoms with van der Waals surface area (Å²) in [5, 5.41) is 0. The van der Waals surface area contributed by atoms with Gasteiger partial charge in [0.15, 0.2) is 0 Å². The highest BCUT2D eigenvalue weighted by atomic mass is 32.2. The maximum absolute atomic E-state index is 12.3. The Morgan fingerprint density at radius 1 is 1.20 bits per heavy atom. The summed E-state index contributed by atoms with van der Waals surface area (Å²) in [5.41, 5.74) is 1.06. The van der Waals surface area contributed by atoms with Crippen LogP contribution in [0.1, 0.15) is 45.6 Å². The third-order valence-corrected chi connectivity index (χ3v) is 5.34. The molecule has 0 bridgehead atoms. The van der Waals surface area contributed by atoms with Crippen molar-refractivity contribution in [3.63, 3.8) is 0 Å². The fourth-order valence-electron chi connectivity index (χ4n) is 3.53. The van der Waals surface area contributed by atoms with Gasteiger partial charge in [0.25, 0.3) is 0 Å². The summed E-state index contributed by atoms with van der Waals surface area (Å²) in [4.78, 5) is 0. The van der Waals surface area contributed by atoms with E-state index in [1.165, 1.54) is 6.42 Å². The predicted molar refractivity (Wildman–Crippen MR) is 82.8 cm³/mol. The molecule has 1 aliphatic rings. The first kappa shape index (κ1) is 15.5. The largest absolute Gasteiger partial charge is 0.216 e. The summed E-state index contributed by atoms with van der Waals surface area (Å²) in [5.74, 6) is 0.641. The first-order valence-electron chi connectivity index (χ1n) is 7.30. The minimum atomic E-state index is -3.26. The highest BCUT2D eigenvalue weighted by molar-refractivity contribution is 7.88. The molecule has 0 amide bonds. The number of rotatable bonds is 4. The SMILES string of the molecule is CC1CC(NS(=O)(=O)Cc2ccccc2)CC(C)(C)C1. The van der Waals surface area contributed by atoms with Crippen LogP contribution in [0, 0.1) is 11.3 Å². The molecule has 0 radical (unpaired) electrons.